The minimum atomic E-state index is -0.350. The van der Waals surface area contributed by atoms with E-state index >= 15 is 0 Å². The number of hydrogen-bond donors (Lipinski definition) is 2. The molecule has 0 bridgehead atoms. The third-order valence-corrected chi connectivity index (χ3v) is 2.88. The number of benzene rings is 1. The molecule has 100 valence electrons. The van der Waals surface area contributed by atoms with Crippen molar-refractivity contribution >= 4 is 0 Å². The van der Waals surface area contributed by atoms with Crippen molar-refractivity contribution in [3.63, 3.8) is 0 Å². The molecule has 1 heterocycles. The van der Waals surface area contributed by atoms with Gasteiger partial charge in [0.2, 0.25) is 5.88 Å². The first-order chi connectivity index (χ1) is 9.15. The third-order valence-electron chi connectivity index (χ3n) is 2.88. The Labute approximate surface area is 110 Å². The summed E-state index contributed by atoms with van der Waals surface area (Å²) in [4.78, 5) is 8.11. The standard InChI is InChI=1S/C13H15FN4O/c1-8-5-9(14)3-4-10(8)13(18-15)11-6-12(19-2)17-7-16-11/h3-7,13,18H,15H2,1-2H3. The molecule has 1 aromatic carbocycles. The van der Waals surface area contributed by atoms with Gasteiger partial charge in [0.25, 0.3) is 0 Å². The number of rotatable bonds is 4. The maximum absolute atomic E-state index is 13.1. The van der Waals surface area contributed by atoms with Gasteiger partial charge in [0.1, 0.15) is 12.1 Å². The minimum Gasteiger partial charge on any atom is -0.481 e. The van der Waals surface area contributed by atoms with Gasteiger partial charge in [-0.3, -0.25) is 5.84 Å². The number of hydrogen-bond acceptors (Lipinski definition) is 5. The van der Waals surface area contributed by atoms with Gasteiger partial charge in [0.15, 0.2) is 0 Å². The molecular formula is C13H15FN4O. The lowest BCUT2D eigenvalue weighted by molar-refractivity contribution is 0.395. The van der Waals surface area contributed by atoms with E-state index in [9.17, 15) is 4.39 Å². The molecule has 1 atom stereocenters. The van der Waals surface area contributed by atoms with E-state index < -0.39 is 0 Å². The summed E-state index contributed by atoms with van der Waals surface area (Å²) in [5.74, 6) is 5.76. The number of aryl methyl sites for hydroxylation is 1. The number of aromatic nitrogens is 2. The van der Waals surface area contributed by atoms with E-state index in [1.54, 1.807) is 12.1 Å². The average molecular weight is 262 g/mol. The second kappa shape index (κ2) is 5.73. The molecule has 0 aliphatic rings. The summed E-state index contributed by atoms with van der Waals surface area (Å²) < 4.78 is 18.2. The molecule has 0 radical (unpaired) electrons. The maximum atomic E-state index is 13.1. The van der Waals surface area contributed by atoms with Gasteiger partial charge < -0.3 is 4.74 Å². The van der Waals surface area contributed by atoms with E-state index in [0.29, 0.717) is 11.6 Å². The Hall–Kier alpha value is -2.05. The molecule has 0 aliphatic heterocycles. The summed E-state index contributed by atoms with van der Waals surface area (Å²) in [7, 11) is 1.53. The van der Waals surface area contributed by atoms with Gasteiger partial charge in [-0.2, -0.15) is 0 Å². The van der Waals surface area contributed by atoms with E-state index in [0.717, 1.165) is 11.1 Å². The first-order valence-corrected chi connectivity index (χ1v) is 5.74. The summed E-state index contributed by atoms with van der Waals surface area (Å²) in [6.45, 7) is 1.82. The van der Waals surface area contributed by atoms with E-state index in [1.165, 1.54) is 25.6 Å². The van der Waals surface area contributed by atoms with Crippen molar-refractivity contribution in [1.82, 2.24) is 15.4 Å². The number of hydrazine groups is 1. The van der Waals surface area contributed by atoms with Crippen LogP contribution in [0.2, 0.25) is 0 Å². The van der Waals surface area contributed by atoms with E-state index in [4.69, 9.17) is 10.6 Å². The van der Waals surface area contributed by atoms with Crippen LogP contribution in [0.1, 0.15) is 22.9 Å². The first-order valence-electron chi connectivity index (χ1n) is 5.74. The molecular weight excluding hydrogens is 247 g/mol. The van der Waals surface area contributed by atoms with E-state index in [-0.39, 0.29) is 11.9 Å². The molecule has 5 nitrogen and oxygen atoms in total. The van der Waals surface area contributed by atoms with Crippen molar-refractivity contribution in [2.24, 2.45) is 5.84 Å². The molecule has 3 N–H and O–H groups in total. The Morgan fingerprint density at radius 1 is 1.32 bits per heavy atom. The van der Waals surface area contributed by atoms with Crippen molar-refractivity contribution in [2.75, 3.05) is 7.11 Å². The summed E-state index contributed by atoms with van der Waals surface area (Å²) in [5.41, 5.74) is 4.98. The lowest BCUT2D eigenvalue weighted by Gasteiger charge is -2.18. The van der Waals surface area contributed by atoms with Crippen LogP contribution < -0.4 is 16.0 Å². The Morgan fingerprint density at radius 3 is 2.74 bits per heavy atom. The van der Waals surface area contributed by atoms with Crippen LogP contribution in [0, 0.1) is 12.7 Å². The molecule has 0 amide bonds. The quantitative estimate of drug-likeness (QED) is 0.645. The molecule has 2 aromatic rings. The first kappa shape index (κ1) is 13.4. The highest BCUT2D eigenvalue weighted by atomic mass is 19.1. The second-order valence-corrected chi connectivity index (χ2v) is 4.09. The number of halogens is 1. The lowest BCUT2D eigenvalue weighted by atomic mass is 9.99. The second-order valence-electron chi connectivity index (χ2n) is 4.09. The Kier molecular flexibility index (Phi) is 4.03. The van der Waals surface area contributed by atoms with E-state index in [1.807, 2.05) is 6.92 Å². The largest absolute Gasteiger partial charge is 0.481 e. The molecule has 0 aliphatic carbocycles. The predicted molar refractivity (Wildman–Crippen MR) is 68.9 cm³/mol. The van der Waals surface area contributed by atoms with Crippen LogP contribution in [0.5, 0.6) is 5.88 Å². The van der Waals surface area contributed by atoms with Gasteiger partial charge in [0.05, 0.1) is 18.8 Å². The SMILES string of the molecule is COc1cc(C(NN)c2ccc(F)cc2C)ncn1. The Bertz CT molecular complexity index is 576. The van der Waals surface area contributed by atoms with Crippen molar-refractivity contribution in [1.29, 1.82) is 0 Å². The molecule has 0 saturated heterocycles. The fraction of sp³-hybridized carbons (Fsp3) is 0.231. The minimum absolute atomic E-state index is 0.280. The van der Waals surface area contributed by atoms with E-state index in [2.05, 4.69) is 15.4 Å². The normalized spacial score (nSPS) is 12.2. The fourth-order valence-electron chi connectivity index (χ4n) is 1.92. The molecule has 19 heavy (non-hydrogen) atoms. The van der Waals surface area contributed by atoms with Crippen LogP contribution in [0.3, 0.4) is 0 Å². The molecule has 1 aromatic heterocycles. The van der Waals surface area contributed by atoms with Gasteiger partial charge in [-0.25, -0.2) is 19.8 Å². The highest BCUT2D eigenvalue weighted by Crippen LogP contribution is 2.24. The third kappa shape index (κ3) is 2.86. The van der Waals surface area contributed by atoms with Crippen molar-refractivity contribution in [3.05, 3.63) is 53.2 Å². The zero-order valence-corrected chi connectivity index (χ0v) is 10.7. The monoisotopic (exact) mass is 262 g/mol. The van der Waals surface area contributed by atoms with Gasteiger partial charge in [-0.15, -0.1) is 0 Å². The zero-order valence-electron chi connectivity index (χ0n) is 10.7. The number of nitrogens with zero attached hydrogens (tertiary/aromatic N) is 2. The van der Waals surface area contributed by atoms with Crippen molar-refractivity contribution in [3.8, 4) is 5.88 Å². The number of nitrogens with two attached hydrogens (primary N) is 1. The highest BCUT2D eigenvalue weighted by Gasteiger charge is 2.17. The van der Waals surface area contributed by atoms with Gasteiger partial charge in [-0.1, -0.05) is 6.07 Å². The number of nitrogens with one attached hydrogen (secondary N) is 1. The topological polar surface area (TPSA) is 73.1 Å². The summed E-state index contributed by atoms with van der Waals surface area (Å²) >= 11 is 0. The molecule has 0 fully saturated rings. The Morgan fingerprint density at radius 2 is 2.11 bits per heavy atom. The van der Waals surface area contributed by atoms with Crippen LogP contribution in [-0.4, -0.2) is 17.1 Å². The summed E-state index contributed by atoms with van der Waals surface area (Å²) in [5, 5.41) is 0. The molecule has 2 rings (SSSR count). The molecule has 0 saturated carbocycles. The molecule has 6 heteroatoms. The van der Waals surface area contributed by atoms with Crippen molar-refractivity contribution in [2.45, 2.75) is 13.0 Å². The zero-order chi connectivity index (χ0) is 13.8. The molecule has 1 unspecified atom stereocenters. The average Bonchev–Trinajstić information content (AvgIpc) is 2.42. The van der Waals surface area contributed by atoms with Crippen molar-refractivity contribution < 1.29 is 9.13 Å². The van der Waals surface area contributed by atoms with Gasteiger partial charge in [0, 0.05) is 6.07 Å². The summed E-state index contributed by atoms with van der Waals surface area (Å²) in [6, 6.07) is 5.87. The smallest absolute Gasteiger partial charge is 0.216 e. The molecule has 0 spiro atoms. The fourth-order valence-corrected chi connectivity index (χ4v) is 1.92. The van der Waals surface area contributed by atoms with Crippen LogP contribution in [0.25, 0.3) is 0 Å². The highest BCUT2D eigenvalue weighted by molar-refractivity contribution is 5.35. The lowest BCUT2D eigenvalue weighted by Crippen LogP contribution is -2.30. The van der Waals surface area contributed by atoms with Crippen LogP contribution >= 0.6 is 0 Å². The van der Waals surface area contributed by atoms with Crippen LogP contribution in [-0.2, 0) is 0 Å². The van der Waals surface area contributed by atoms with Gasteiger partial charge >= 0.3 is 0 Å². The van der Waals surface area contributed by atoms with Gasteiger partial charge in [-0.05, 0) is 30.2 Å². The van der Waals surface area contributed by atoms with Crippen LogP contribution in [0.4, 0.5) is 4.39 Å². The predicted octanol–water partition coefficient (Wildman–Crippen LogP) is 1.49. The van der Waals surface area contributed by atoms with Crippen LogP contribution in [0.15, 0.2) is 30.6 Å². The summed E-state index contributed by atoms with van der Waals surface area (Å²) in [6.07, 6.45) is 1.40. The maximum Gasteiger partial charge on any atom is 0.216 e. The number of methoxy groups -OCH3 is 1. The Balaban J connectivity index is 2.43. The number of ether oxygens (including phenoxy) is 1.